The molecule has 0 atom stereocenters. The van der Waals surface area contributed by atoms with E-state index in [-0.39, 0.29) is 5.82 Å². The number of hydrogen-bond acceptors (Lipinski definition) is 3. The summed E-state index contributed by atoms with van der Waals surface area (Å²) in [6.45, 7) is 0. The maximum absolute atomic E-state index is 13.3. The van der Waals surface area contributed by atoms with Crippen LogP contribution in [0.1, 0.15) is 0 Å². The van der Waals surface area contributed by atoms with E-state index in [1.807, 2.05) is 24.3 Å². The SMILES string of the molecule is Nc1cccc(-c2nccc(-c3cccc(F)c3)n2)c1. The fraction of sp³-hybridized carbons (Fsp3) is 0. The zero-order valence-electron chi connectivity index (χ0n) is 10.6. The quantitative estimate of drug-likeness (QED) is 0.721. The number of nitrogen functional groups attached to an aromatic ring is 1. The first-order chi connectivity index (χ1) is 9.72. The molecule has 0 aliphatic carbocycles. The fourth-order valence-electron chi connectivity index (χ4n) is 1.98. The second-order valence-corrected chi connectivity index (χ2v) is 4.40. The molecule has 4 heteroatoms. The van der Waals surface area contributed by atoms with Crippen LogP contribution in [0.5, 0.6) is 0 Å². The Bertz CT molecular complexity index is 695. The highest BCUT2D eigenvalue weighted by Crippen LogP contribution is 2.22. The maximum Gasteiger partial charge on any atom is 0.159 e. The summed E-state index contributed by atoms with van der Waals surface area (Å²) >= 11 is 0. The highest BCUT2D eigenvalue weighted by atomic mass is 19.1. The van der Waals surface area contributed by atoms with Gasteiger partial charge in [-0.2, -0.15) is 0 Å². The van der Waals surface area contributed by atoms with Gasteiger partial charge in [-0.15, -0.1) is 0 Å². The van der Waals surface area contributed by atoms with Crippen molar-refractivity contribution in [2.45, 2.75) is 0 Å². The van der Waals surface area contributed by atoms with E-state index in [0.29, 0.717) is 17.2 Å². The highest BCUT2D eigenvalue weighted by molar-refractivity contribution is 5.65. The van der Waals surface area contributed by atoms with Gasteiger partial charge in [0.1, 0.15) is 5.82 Å². The molecule has 0 amide bonds. The summed E-state index contributed by atoms with van der Waals surface area (Å²) in [6, 6.07) is 15.4. The standard InChI is InChI=1S/C16H12FN3/c17-13-5-1-3-11(9-13)15-7-8-19-16(20-15)12-4-2-6-14(18)10-12/h1-10H,18H2. The van der Waals surface area contributed by atoms with E-state index in [1.54, 1.807) is 24.4 Å². The minimum absolute atomic E-state index is 0.286. The Labute approximate surface area is 115 Å². The van der Waals surface area contributed by atoms with Crippen LogP contribution in [-0.4, -0.2) is 9.97 Å². The Morgan fingerprint density at radius 3 is 2.50 bits per heavy atom. The summed E-state index contributed by atoms with van der Waals surface area (Å²) in [7, 11) is 0. The van der Waals surface area contributed by atoms with Crippen molar-refractivity contribution in [3.8, 4) is 22.6 Å². The van der Waals surface area contributed by atoms with Crippen LogP contribution in [0.2, 0.25) is 0 Å². The molecule has 98 valence electrons. The lowest BCUT2D eigenvalue weighted by Gasteiger charge is -2.05. The normalized spacial score (nSPS) is 10.4. The molecule has 2 N–H and O–H groups in total. The second kappa shape index (κ2) is 5.09. The lowest BCUT2D eigenvalue weighted by atomic mass is 10.1. The van der Waals surface area contributed by atoms with Crippen molar-refractivity contribution >= 4 is 5.69 Å². The Kier molecular flexibility index (Phi) is 3.13. The number of halogens is 1. The van der Waals surface area contributed by atoms with E-state index in [0.717, 1.165) is 11.1 Å². The van der Waals surface area contributed by atoms with Gasteiger partial charge in [0.25, 0.3) is 0 Å². The molecule has 0 aliphatic heterocycles. The van der Waals surface area contributed by atoms with Gasteiger partial charge in [-0.25, -0.2) is 14.4 Å². The molecule has 3 rings (SSSR count). The molecule has 0 fully saturated rings. The molecule has 0 spiro atoms. The molecule has 1 aromatic heterocycles. The van der Waals surface area contributed by atoms with E-state index in [1.165, 1.54) is 12.1 Å². The Morgan fingerprint density at radius 2 is 1.70 bits per heavy atom. The van der Waals surface area contributed by atoms with Gasteiger partial charge in [0.05, 0.1) is 5.69 Å². The van der Waals surface area contributed by atoms with E-state index in [9.17, 15) is 4.39 Å². The smallest absolute Gasteiger partial charge is 0.159 e. The van der Waals surface area contributed by atoms with Crippen LogP contribution in [0.4, 0.5) is 10.1 Å². The van der Waals surface area contributed by atoms with Crippen LogP contribution in [0, 0.1) is 5.82 Å². The third-order valence-corrected chi connectivity index (χ3v) is 2.92. The minimum Gasteiger partial charge on any atom is -0.399 e. The van der Waals surface area contributed by atoms with Crippen molar-refractivity contribution in [2.75, 3.05) is 5.73 Å². The minimum atomic E-state index is -0.286. The first-order valence-corrected chi connectivity index (χ1v) is 6.17. The molecule has 0 saturated carbocycles. The lowest BCUT2D eigenvalue weighted by molar-refractivity contribution is 0.628. The molecule has 3 aromatic rings. The average molecular weight is 265 g/mol. The summed E-state index contributed by atoms with van der Waals surface area (Å²) in [6.07, 6.45) is 1.66. The van der Waals surface area contributed by atoms with Crippen LogP contribution < -0.4 is 5.73 Å². The van der Waals surface area contributed by atoms with Crippen LogP contribution in [-0.2, 0) is 0 Å². The predicted octanol–water partition coefficient (Wildman–Crippen LogP) is 3.53. The maximum atomic E-state index is 13.3. The molecular formula is C16H12FN3. The van der Waals surface area contributed by atoms with Gasteiger partial charge in [0.2, 0.25) is 0 Å². The number of nitrogens with zero attached hydrogens (tertiary/aromatic N) is 2. The molecule has 1 heterocycles. The van der Waals surface area contributed by atoms with E-state index in [4.69, 9.17) is 5.73 Å². The zero-order chi connectivity index (χ0) is 13.9. The largest absolute Gasteiger partial charge is 0.399 e. The van der Waals surface area contributed by atoms with Crippen LogP contribution in [0.25, 0.3) is 22.6 Å². The van der Waals surface area contributed by atoms with E-state index < -0.39 is 0 Å². The first-order valence-electron chi connectivity index (χ1n) is 6.17. The average Bonchev–Trinajstić information content (AvgIpc) is 2.47. The van der Waals surface area contributed by atoms with Crippen LogP contribution in [0.15, 0.2) is 60.8 Å². The van der Waals surface area contributed by atoms with E-state index in [2.05, 4.69) is 9.97 Å². The number of benzene rings is 2. The molecule has 0 saturated heterocycles. The summed E-state index contributed by atoms with van der Waals surface area (Å²) in [5.74, 6) is 0.283. The molecule has 0 unspecified atom stereocenters. The number of rotatable bonds is 2. The summed E-state index contributed by atoms with van der Waals surface area (Å²) < 4.78 is 13.3. The molecular weight excluding hydrogens is 253 g/mol. The molecule has 0 radical (unpaired) electrons. The van der Waals surface area contributed by atoms with Crippen molar-refractivity contribution in [3.63, 3.8) is 0 Å². The second-order valence-electron chi connectivity index (χ2n) is 4.40. The van der Waals surface area contributed by atoms with Crippen molar-refractivity contribution in [2.24, 2.45) is 0 Å². The summed E-state index contributed by atoms with van der Waals surface area (Å²) in [5, 5.41) is 0. The summed E-state index contributed by atoms with van der Waals surface area (Å²) in [4.78, 5) is 8.70. The monoisotopic (exact) mass is 265 g/mol. The number of aromatic nitrogens is 2. The fourth-order valence-corrected chi connectivity index (χ4v) is 1.98. The zero-order valence-corrected chi connectivity index (χ0v) is 10.6. The first kappa shape index (κ1) is 12.3. The van der Waals surface area contributed by atoms with Crippen molar-refractivity contribution in [1.82, 2.24) is 9.97 Å². The van der Waals surface area contributed by atoms with Gasteiger partial charge in [-0.3, -0.25) is 0 Å². The van der Waals surface area contributed by atoms with Crippen molar-refractivity contribution in [1.29, 1.82) is 0 Å². The van der Waals surface area contributed by atoms with Gasteiger partial charge >= 0.3 is 0 Å². The Hall–Kier alpha value is -2.75. The topological polar surface area (TPSA) is 51.8 Å². The highest BCUT2D eigenvalue weighted by Gasteiger charge is 2.05. The number of anilines is 1. The van der Waals surface area contributed by atoms with Crippen molar-refractivity contribution in [3.05, 3.63) is 66.6 Å². The van der Waals surface area contributed by atoms with Crippen molar-refractivity contribution < 1.29 is 4.39 Å². The van der Waals surface area contributed by atoms with Gasteiger partial charge < -0.3 is 5.73 Å². The van der Waals surface area contributed by atoms with Gasteiger partial charge in [-0.1, -0.05) is 24.3 Å². The predicted molar refractivity (Wildman–Crippen MR) is 77.3 cm³/mol. The molecule has 20 heavy (non-hydrogen) atoms. The molecule has 3 nitrogen and oxygen atoms in total. The molecule has 0 aliphatic rings. The molecule has 2 aromatic carbocycles. The van der Waals surface area contributed by atoms with Crippen LogP contribution in [0.3, 0.4) is 0 Å². The number of hydrogen-bond donors (Lipinski definition) is 1. The van der Waals surface area contributed by atoms with Crippen LogP contribution >= 0.6 is 0 Å². The Balaban J connectivity index is 2.06. The Morgan fingerprint density at radius 1 is 0.900 bits per heavy atom. The van der Waals surface area contributed by atoms with Gasteiger partial charge in [-0.05, 0) is 30.3 Å². The third-order valence-electron chi connectivity index (χ3n) is 2.92. The third kappa shape index (κ3) is 2.49. The number of nitrogens with two attached hydrogens (primary N) is 1. The van der Waals surface area contributed by atoms with E-state index >= 15 is 0 Å². The van der Waals surface area contributed by atoms with Gasteiger partial charge in [0, 0.05) is 23.0 Å². The summed E-state index contributed by atoms with van der Waals surface area (Å²) in [5.41, 5.74) is 8.65. The van der Waals surface area contributed by atoms with Gasteiger partial charge in [0.15, 0.2) is 5.82 Å². The lowest BCUT2D eigenvalue weighted by Crippen LogP contribution is -1.93. The molecule has 0 bridgehead atoms.